The van der Waals surface area contributed by atoms with Gasteiger partial charge in [0.05, 0.1) is 18.7 Å². The minimum absolute atomic E-state index is 0.187. The van der Waals surface area contributed by atoms with Crippen LogP contribution in [-0.4, -0.2) is 25.6 Å². The number of ether oxygens (including phenoxy) is 3. The molecule has 0 saturated carbocycles. The van der Waals surface area contributed by atoms with Gasteiger partial charge in [0, 0.05) is 0 Å². The van der Waals surface area contributed by atoms with E-state index in [9.17, 15) is 9.59 Å². The molecule has 31 heavy (non-hydrogen) atoms. The SMILES string of the molecule is COc1cc(C(=O)OCC(=O)N[C@H](C)c2ccccc2)ccc1OCc1ccccc1. The third-order valence-electron chi connectivity index (χ3n) is 4.65. The molecule has 0 fully saturated rings. The Morgan fingerprint density at radius 2 is 1.58 bits per heavy atom. The lowest BCUT2D eigenvalue weighted by Crippen LogP contribution is -2.31. The molecule has 3 aromatic rings. The van der Waals surface area contributed by atoms with E-state index in [1.54, 1.807) is 12.1 Å². The fourth-order valence-corrected chi connectivity index (χ4v) is 2.97. The zero-order chi connectivity index (χ0) is 22.1. The summed E-state index contributed by atoms with van der Waals surface area (Å²) in [5.41, 5.74) is 2.26. The van der Waals surface area contributed by atoms with Crippen molar-refractivity contribution in [2.75, 3.05) is 13.7 Å². The second-order valence-electron chi connectivity index (χ2n) is 6.92. The molecule has 0 saturated heterocycles. The number of benzene rings is 3. The predicted octanol–water partition coefficient (Wildman–Crippen LogP) is 4.31. The van der Waals surface area contributed by atoms with Gasteiger partial charge in [0.15, 0.2) is 18.1 Å². The van der Waals surface area contributed by atoms with Crippen molar-refractivity contribution < 1.29 is 23.8 Å². The molecule has 1 atom stereocenters. The molecular formula is C25H25NO5. The highest BCUT2D eigenvalue weighted by molar-refractivity contribution is 5.92. The summed E-state index contributed by atoms with van der Waals surface area (Å²) in [6, 6.07) is 23.9. The molecule has 0 aromatic heterocycles. The fraction of sp³-hybridized carbons (Fsp3) is 0.200. The van der Waals surface area contributed by atoms with E-state index < -0.39 is 5.97 Å². The van der Waals surface area contributed by atoms with Crippen molar-refractivity contribution in [3.8, 4) is 11.5 Å². The Morgan fingerprint density at radius 3 is 2.26 bits per heavy atom. The fourth-order valence-electron chi connectivity index (χ4n) is 2.97. The number of rotatable bonds is 9. The first-order valence-electron chi connectivity index (χ1n) is 9.93. The first-order valence-corrected chi connectivity index (χ1v) is 9.93. The molecule has 0 spiro atoms. The van der Waals surface area contributed by atoms with Gasteiger partial charge < -0.3 is 19.5 Å². The number of amides is 1. The van der Waals surface area contributed by atoms with Crippen molar-refractivity contribution in [2.24, 2.45) is 0 Å². The Labute approximate surface area is 181 Å². The van der Waals surface area contributed by atoms with Gasteiger partial charge in [-0.15, -0.1) is 0 Å². The Hall–Kier alpha value is -3.80. The lowest BCUT2D eigenvalue weighted by molar-refractivity contribution is -0.124. The van der Waals surface area contributed by atoms with Gasteiger partial charge in [-0.1, -0.05) is 60.7 Å². The molecular weight excluding hydrogens is 394 g/mol. The molecule has 0 heterocycles. The number of hydrogen-bond acceptors (Lipinski definition) is 5. The van der Waals surface area contributed by atoms with E-state index in [0.717, 1.165) is 11.1 Å². The summed E-state index contributed by atoms with van der Waals surface area (Å²) in [4.78, 5) is 24.5. The quantitative estimate of drug-likeness (QED) is 0.523. The van der Waals surface area contributed by atoms with E-state index >= 15 is 0 Å². The summed E-state index contributed by atoms with van der Waals surface area (Å²) < 4.78 is 16.3. The normalized spacial score (nSPS) is 11.3. The molecule has 0 aliphatic rings. The standard InChI is InChI=1S/C25H25NO5/c1-18(20-11-7-4-8-12-20)26-24(27)17-31-25(28)21-13-14-22(23(15-21)29-2)30-16-19-9-5-3-6-10-19/h3-15,18H,16-17H2,1-2H3,(H,26,27)/t18-/m1/s1. The molecule has 1 amide bonds. The van der Waals surface area contributed by atoms with Gasteiger partial charge >= 0.3 is 5.97 Å². The van der Waals surface area contributed by atoms with Crippen LogP contribution in [0, 0.1) is 0 Å². The lowest BCUT2D eigenvalue weighted by atomic mass is 10.1. The van der Waals surface area contributed by atoms with Crippen LogP contribution in [0.15, 0.2) is 78.9 Å². The second-order valence-corrected chi connectivity index (χ2v) is 6.92. The third kappa shape index (κ3) is 6.34. The topological polar surface area (TPSA) is 73.9 Å². The third-order valence-corrected chi connectivity index (χ3v) is 4.65. The predicted molar refractivity (Wildman–Crippen MR) is 117 cm³/mol. The molecule has 6 nitrogen and oxygen atoms in total. The molecule has 0 bridgehead atoms. The Kier molecular flexibility index (Phi) is 7.65. The molecule has 3 rings (SSSR count). The van der Waals surface area contributed by atoms with Gasteiger partial charge in [-0.2, -0.15) is 0 Å². The van der Waals surface area contributed by atoms with Crippen LogP contribution < -0.4 is 14.8 Å². The molecule has 0 radical (unpaired) electrons. The average Bonchev–Trinajstić information content (AvgIpc) is 2.82. The molecule has 1 N–H and O–H groups in total. The Balaban J connectivity index is 1.54. The van der Waals surface area contributed by atoms with Crippen LogP contribution in [0.25, 0.3) is 0 Å². The molecule has 3 aromatic carbocycles. The van der Waals surface area contributed by atoms with Gasteiger partial charge in [-0.3, -0.25) is 4.79 Å². The van der Waals surface area contributed by atoms with Crippen molar-refractivity contribution in [3.05, 3.63) is 95.6 Å². The highest BCUT2D eigenvalue weighted by atomic mass is 16.5. The Bertz CT molecular complexity index is 1000. The molecule has 0 aliphatic heterocycles. The number of esters is 1. The highest BCUT2D eigenvalue weighted by Crippen LogP contribution is 2.29. The van der Waals surface area contributed by atoms with Crippen LogP contribution in [-0.2, 0) is 16.1 Å². The molecule has 0 unspecified atom stereocenters. The lowest BCUT2D eigenvalue weighted by Gasteiger charge is -2.15. The van der Waals surface area contributed by atoms with Crippen LogP contribution in [0.4, 0.5) is 0 Å². The van der Waals surface area contributed by atoms with E-state index in [2.05, 4.69) is 5.32 Å². The maximum atomic E-state index is 12.4. The van der Waals surface area contributed by atoms with Crippen molar-refractivity contribution >= 4 is 11.9 Å². The maximum Gasteiger partial charge on any atom is 0.338 e. The van der Waals surface area contributed by atoms with Crippen molar-refractivity contribution in [1.82, 2.24) is 5.32 Å². The van der Waals surface area contributed by atoms with Crippen LogP contribution in [0.2, 0.25) is 0 Å². The minimum Gasteiger partial charge on any atom is -0.493 e. The van der Waals surface area contributed by atoms with Gasteiger partial charge in [0.2, 0.25) is 0 Å². The van der Waals surface area contributed by atoms with E-state index in [1.165, 1.54) is 13.2 Å². The van der Waals surface area contributed by atoms with Gasteiger partial charge in [-0.05, 0) is 36.2 Å². The minimum atomic E-state index is -0.615. The van der Waals surface area contributed by atoms with Crippen LogP contribution in [0.5, 0.6) is 11.5 Å². The second kappa shape index (κ2) is 10.8. The van der Waals surface area contributed by atoms with Crippen LogP contribution in [0.1, 0.15) is 34.5 Å². The molecule has 0 aliphatic carbocycles. The number of carbonyl (C=O) groups is 2. The highest BCUT2D eigenvalue weighted by Gasteiger charge is 2.15. The smallest absolute Gasteiger partial charge is 0.338 e. The van der Waals surface area contributed by atoms with Crippen LogP contribution in [0.3, 0.4) is 0 Å². The zero-order valence-corrected chi connectivity index (χ0v) is 17.5. The van der Waals surface area contributed by atoms with E-state index in [0.29, 0.717) is 18.1 Å². The van der Waals surface area contributed by atoms with Crippen molar-refractivity contribution in [3.63, 3.8) is 0 Å². The van der Waals surface area contributed by atoms with Crippen molar-refractivity contribution in [2.45, 2.75) is 19.6 Å². The Morgan fingerprint density at radius 1 is 0.903 bits per heavy atom. The van der Waals surface area contributed by atoms with Crippen molar-refractivity contribution in [1.29, 1.82) is 0 Å². The summed E-state index contributed by atoms with van der Waals surface area (Å²) in [6.07, 6.45) is 0. The van der Waals surface area contributed by atoms with E-state index in [-0.39, 0.29) is 24.1 Å². The maximum absolute atomic E-state index is 12.4. The van der Waals surface area contributed by atoms with Crippen LogP contribution >= 0.6 is 0 Å². The van der Waals surface area contributed by atoms with Gasteiger partial charge in [-0.25, -0.2) is 4.79 Å². The first kappa shape index (κ1) is 21.9. The molecule has 160 valence electrons. The summed E-state index contributed by atoms with van der Waals surface area (Å²) >= 11 is 0. The summed E-state index contributed by atoms with van der Waals surface area (Å²) in [7, 11) is 1.50. The zero-order valence-electron chi connectivity index (χ0n) is 17.5. The number of methoxy groups -OCH3 is 1. The largest absolute Gasteiger partial charge is 0.493 e. The monoisotopic (exact) mass is 419 g/mol. The van der Waals surface area contributed by atoms with Gasteiger partial charge in [0.1, 0.15) is 6.61 Å². The number of nitrogens with one attached hydrogen (secondary N) is 1. The molecule has 6 heteroatoms. The first-order chi connectivity index (χ1) is 15.1. The number of carbonyl (C=O) groups excluding carboxylic acids is 2. The summed E-state index contributed by atoms with van der Waals surface area (Å²) in [6.45, 7) is 1.87. The average molecular weight is 419 g/mol. The summed E-state index contributed by atoms with van der Waals surface area (Å²) in [5, 5.41) is 2.81. The van der Waals surface area contributed by atoms with E-state index in [4.69, 9.17) is 14.2 Å². The summed E-state index contributed by atoms with van der Waals surface area (Å²) in [5.74, 6) is -0.0697. The van der Waals surface area contributed by atoms with E-state index in [1.807, 2.05) is 67.6 Å². The van der Waals surface area contributed by atoms with Gasteiger partial charge in [0.25, 0.3) is 5.91 Å². The number of hydrogen-bond donors (Lipinski definition) is 1.